The first-order valence-corrected chi connectivity index (χ1v) is 16.8. The van der Waals surface area contributed by atoms with Gasteiger partial charge >= 0.3 is 6.09 Å². The number of ether oxygens (including phenoxy) is 1. The summed E-state index contributed by atoms with van der Waals surface area (Å²) in [5, 5.41) is 1.99. The van der Waals surface area contributed by atoms with Gasteiger partial charge in [0.25, 0.3) is 8.32 Å². The SMILES string of the molecule is CC(C)CCN(C(=O)OCc1ccccc1)C(CCC(F)C=O)CO[Si](c1ccccc1)(c1ccccc1)C(C)(C)C. The van der Waals surface area contributed by atoms with E-state index in [1.807, 2.05) is 66.7 Å². The highest BCUT2D eigenvalue weighted by Crippen LogP contribution is 2.37. The molecule has 3 aromatic rings. The molecule has 0 fully saturated rings. The Balaban J connectivity index is 2.00. The van der Waals surface area contributed by atoms with Gasteiger partial charge in [0.2, 0.25) is 0 Å². The molecule has 0 radical (unpaired) electrons. The molecule has 0 aliphatic heterocycles. The molecule has 226 valence electrons. The molecule has 0 spiro atoms. The van der Waals surface area contributed by atoms with Crippen LogP contribution in [0, 0.1) is 5.92 Å². The monoisotopic (exact) mass is 591 g/mol. The van der Waals surface area contributed by atoms with Crippen LogP contribution in [0.5, 0.6) is 0 Å². The van der Waals surface area contributed by atoms with Gasteiger partial charge in [-0.15, -0.1) is 0 Å². The van der Waals surface area contributed by atoms with Crippen molar-refractivity contribution in [3.63, 3.8) is 0 Å². The maximum Gasteiger partial charge on any atom is 0.410 e. The average Bonchev–Trinajstić information content (AvgIpc) is 2.99. The molecule has 0 N–H and O–H groups in total. The Morgan fingerprint density at radius 3 is 1.86 bits per heavy atom. The lowest BCUT2D eigenvalue weighted by Gasteiger charge is -2.44. The van der Waals surface area contributed by atoms with E-state index in [0.29, 0.717) is 18.7 Å². The number of carbonyl (C=O) groups is 2. The van der Waals surface area contributed by atoms with Crippen molar-refractivity contribution in [2.75, 3.05) is 13.2 Å². The quantitative estimate of drug-likeness (QED) is 0.142. The highest BCUT2D eigenvalue weighted by molar-refractivity contribution is 6.99. The molecule has 42 heavy (non-hydrogen) atoms. The van der Waals surface area contributed by atoms with Gasteiger partial charge in [-0.2, -0.15) is 0 Å². The Hall–Kier alpha value is -3.29. The van der Waals surface area contributed by atoms with Crippen molar-refractivity contribution in [2.24, 2.45) is 5.92 Å². The second kappa shape index (κ2) is 15.8. The third kappa shape index (κ3) is 8.85. The van der Waals surface area contributed by atoms with Crippen molar-refractivity contribution in [1.82, 2.24) is 4.90 Å². The Bertz CT molecular complexity index is 1180. The molecule has 3 aromatic carbocycles. The second-order valence-electron chi connectivity index (χ2n) is 12.3. The molecule has 7 heteroatoms. The van der Waals surface area contributed by atoms with Crippen LogP contribution in [-0.2, 0) is 20.6 Å². The number of carbonyl (C=O) groups excluding carboxylic acids is 2. The summed E-state index contributed by atoms with van der Waals surface area (Å²) in [4.78, 5) is 26.5. The maximum atomic E-state index is 14.3. The third-order valence-corrected chi connectivity index (χ3v) is 12.7. The van der Waals surface area contributed by atoms with Crippen molar-refractivity contribution in [3.05, 3.63) is 96.6 Å². The number of hydrogen-bond acceptors (Lipinski definition) is 4. The highest BCUT2D eigenvalue weighted by atomic mass is 28.4. The van der Waals surface area contributed by atoms with Crippen LogP contribution in [0.15, 0.2) is 91.0 Å². The van der Waals surface area contributed by atoms with Crippen LogP contribution >= 0.6 is 0 Å². The van der Waals surface area contributed by atoms with E-state index in [-0.39, 0.29) is 31.1 Å². The number of halogens is 1. The molecule has 0 saturated carbocycles. The van der Waals surface area contributed by atoms with Gasteiger partial charge in [0.15, 0.2) is 12.5 Å². The van der Waals surface area contributed by atoms with E-state index < -0.39 is 26.6 Å². The molecule has 2 atom stereocenters. The lowest BCUT2D eigenvalue weighted by Crippen LogP contribution is -2.67. The fraction of sp³-hybridized carbons (Fsp3) is 0.429. The summed E-state index contributed by atoms with van der Waals surface area (Å²) >= 11 is 0. The third-order valence-electron chi connectivity index (χ3n) is 7.66. The van der Waals surface area contributed by atoms with Gasteiger partial charge in [-0.25, -0.2) is 9.18 Å². The van der Waals surface area contributed by atoms with Crippen molar-refractivity contribution >= 4 is 31.1 Å². The maximum absolute atomic E-state index is 14.3. The standard InChI is InChI=1S/C35H46FNO4Si/c1-28(2)23-24-37(34(39)40-26-29-15-9-6-10-16-29)31(22-21-30(36)25-38)27-41-42(35(3,4)5,32-17-11-7-12-18-32)33-19-13-8-14-20-33/h6-20,25,28,30-31H,21-24,26-27H2,1-5H3. The van der Waals surface area contributed by atoms with Crippen LogP contribution in [-0.4, -0.2) is 51.0 Å². The Kier molecular flexibility index (Phi) is 12.5. The van der Waals surface area contributed by atoms with Crippen LogP contribution in [0.4, 0.5) is 9.18 Å². The smallest absolute Gasteiger partial charge is 0.410 e. The number of alkyl halides is 1. The fourth-order valence-electron chi connectivity index (χ4n) is 5.35. The summed E-state index contributed by atoms with van der Waals surface area (Å²) in [6.07, 6.45) is -0.710. The summed E-state index contributed by atoms with van der Waals surface area (Å²) in [7, 11) is -2.92. The Morgan fingerprint density at radius 1 is 0.857 bits per heavy atom. The van der Waals surface area contributed by atoms with Gasteiger partial charge in [0.05, 0.1) is 12.6 Å². The summed E-state index contributed by atoms with van der Waals surface area (Å²) in [5.41, 5.74) is 0.888. The average molecular weight is 592 g/mol. The van der Waals surface area contributed by atoms with Gasteiger partial charge in [0, 0.05) is 6.54 Å². The number of rotatable bonds is 15. The molecule has 0 aromatic heterocycles. The van der Waals surface area contributed by atoms with E-state index in [1.165, 1.54) is 0 Å². The number of amides is 1. The van der Waals surface area contributed by atoms with Gasteiger partial charge in [-0.05, 0) is 46.2 Å². The normalized spacial score (nSPS) is 13.4. The summed E-state index contributed by atoms with van der Waals surface area (Å²) < 4.78 is 27.3. The summed E-state index contributed by atoms with van der Waals surface area (Å²) in [6.45, 7) is 11.6. The predicted octanol–water partition coefficient (Wildman–Crippen LogP) is 6.93. The van der Waals surface area contributed by atoms with Crippen LogP contribution in [0.2, 0.25) is 5.04 Å². The van der Waals surface area contributed by atoms with Crippen LogP contribution in [0.1, 0.15) is 59.4 Å². The number of aldehydes is 1. The first-order valence-electron chi connectivity index (χ1n) is 14.9. The molecule has 0 aliphatic carbocycles. The van der Waals surface area contributed by atoms with Gasteiger partial charge in [-0.3, -0.25) is 0 Å². The zero-order chi connectivity index (χ0) is 30.6. The molecule has 5 nitrogen and oxygen atoms in total. The van der Waals surface area contributed by atoms with Crippen LogP contribution < -0.4 is 10.4 Å². The number of hydrogen-bond donors (Lipinski definition) is 0. The van der Waals surface area contributed by atoms with E-state index in [0.717, 1.165) is 22.4 Å². The molecule has 1 amide bonds. The summed E-state index contributed by atoms with van der Waals surface area (Å²) in [6, 6.07) is 29.6. The zero-order valence-corrected chi connectivity index (χ0v) is 26.7. The minimum Gasteiger partial charge on any atom is -0.445 e. The molecule has 0 saturated heterocycles. The van der Waals surface area contributed by atoms with E-state index in [9.17, 15) is 14.0 Å². The second-order valence-corrected chi connectivity index (χ2v) is 16.6. The number of nitrogens with zero attached hydrogens (tertiary/aromatic N) is 1. The van der Waals surface area contributed by atoms with Crippen molar-refractivity contribution in [3.8, 4) is 0 Å². The van der Waals surface area contributed by atoms with E-state index in [1.54, 1.807) is 4.90 Å². The molecule has 0 bridgehead atoms. The molecule has 0 aliphatic rings. The van der Waals surface area contributed by atoms with E-state index in [4.69, 9.17) is 9.16 Å². The molecule has 3 rings (SSSR count). The van der Waals surface area contributed by atoms with E-state index >= 15 is 0 Å². The van der Waals surface area contributed by atoms with Gasteiger partial charge in [0.1, 0.15) is 6.61 Å². The molecule has 0 heterocycles. The minimum atomic E-state index is -2.92. The first kappa shape index (κ1) is 33.2. The van der Waals surface area contributed by atoms with Gasteiger partial charge < -0.3 is 18.9 Å². The number of benzene rings is 3. The molecular weight excluding hydrogens is 545 g/mol. The zero-order valence-electron chi connectivity index (χ0n) is 25.7. The van der Waals surface area contributed by atoms with Crippen molar-refractivity contribution < 1.29 is 23.1 Å². The Morgan fingerprint density at radius 2 is 1.38 bits per heavy atom. The van der Waals surface area contributed by atoms with Crippen molar-refractivity contribution in [1.29, 1.82) is 0 Å². The Labute approximate surface area is 252 Å². The minimum absolute atomic E-state index is 0.00240. The molecule has 2 unspecified atom stereocenters. The highest BCUT2D eigenvalue weighted by Gasteiger charge is 2.50. The first-order chi connectivity index (χ1) is 20.1. The largest absolute Gasteiger partial charge is 0.445 e. The summed E-state index contributed by atoms with van der Waals surface area (Å²) in [5.74, 6) is 0.344. The van der Waals surface area contributed by atoms with Crippen LogP contribution in [0.3, 0.4) is 0 Å². The fourth-order valence-corrected chi connectivity index (χ4v) is 9.95. The topological polar surface area (TPSA) is 55.8 Å². The predicted molar refractivity (Wildman–Crippen MR) is 170 cm³/mol. The molecular formula is C35H46FNO4Si. The van der Waals surface area contributed by atoms with E-state index in [2.05, 4.69) is 58.9 Å². The lowest BCUT2D eigenvalue weighted by atomic mass is 10.1. The van der Waals surface area contributed by atoms with Crippen molar-refractivity contribution in [2.45, 2.75) is 77.7 Å². The van der Waals surface area contributed by atoms with Crippen LogP contribution in [0.25, 0.3) is 0 Å². The van der Waals surface area contributed by atoms with Gasteiger partial charge in [-0.1, -0.05) is 126 Å². The lowest BCUT2D eigenvalue weighted by molar-refractivity contribution is -0.112.